The molecular weight excluding hydrogens is 598 g/mol. The maximum Gasteiger partial charge on any atom is 0.271 e. The summed E-state index contributed by atoms with van der Waals surface area (Å²) in [6.07, 6.45) is 1.76. The lowest BCUT2D eigenvalue weighted by Gasteiger charge is -2.30. The number of thiazole rings is 1. The average Bonchev–Trinajstić information content (AvgIpc) is 3.26. The fourth-order valence-electron chi connectivity index (χ4n) is 4.76. The van der Waals surface area contributed by atoms with Gasteiger partial charge in [0.05, 0.1) is 48.7 Å². The number of fused-ring (bicyclic) bond motifs is 1. The van der Waals surface area contributed by atoms with Crippen LogP contribution in [0.25, 0.3) is 6.08 Å². The van der Waals surface area contributed by atoms with Gasteiger partial charge in [-0.3, -0.25) is 14.2 Å². The first kappa shape index (κ1) is 29.4. The summed E-state index contributed by atoms with van der Waals surface area (Å²) < 4.78 is 24.9. The van der Waals surface area contributed by atoms with Crippen molar-refractivity contribution in [1.29, 1.82) is 0 Å². The molecule has 0 saturated heterocycles. The molecule has 9 nitrogen and oxygen atoms in total. The second-order valence-electron chi connectivity index (χ2n) is 8.90. The second kappa shape index (κ2) is 12.3. The van der Waals surface area contributed by atoms with Crippen LogP contribution in [0, 0.1) is 0 Å². The summed E-state index contributed by atoms with van der Waals surface area (Å²) in [5, 5.41) is 0. The molecular formula is C29H32BrN3O6S. The van der Waals surface area contributed by atoms with Gasteiger partial charge in [-0.1, -0.05) is 11.3 Å². The first-order chi connectivity index (χ1) is 19.2. The van der Waals surface area contributed by atoms with Gasteiger partial charge in [-0.2, -0.15) is 0 Å². The molecule has 3 aromatic rings. The predicted octanol–water partition coefficient (Wildman–Crippen LogP) is 3.90. The largest absolute Gasteiger partial charge is 0.497 e. The van der Waals surface area contributed by atoms with E-state index in [-0.39, 0.29) is 11.5 Å². The van der Waals surface area contributed by atoms with Crippen molar-refractivity contribution in [2.75, 3.05) is 41.5 Å². The Labute approximate surface area is 245 Å². The van der Waals surface area contributed by atoms with Crippen LogP contribution >= 0.6 is 27.3 Å². The molecule has 1 amide bonds. The maximum absolute atomic E-state index is 14.1. The predicted molar refractivity (Wildman–Crippen MR) is 158 cm³/mol. The monoisotopic (exact) mass is 629 g/mol. The number of carbonyl (C=O) groups excluding carboxylic acids is 1. The molecule has 1 atom stereocenters. The average molecular weight is 631 g/mol. The minimum atomic E-state index is -0.777. The number of hydrogen-bond acceptors (Lipinski definition) is 8. The fourth-order valence-corrected chi connectivity index (χ4v) is 6.32. The Bertz CT molecular complexity index is 1660. The van der Waals surface area contributed by atoms with Crippen molar-refractivity contribution in [3.63, 3.8) is 0 Å². The van der Waals surface area contributed by atoms with Crippen LogP contribution in [-0.4, -0.2) is 56.9 Å². The number of nitrogens with zero attached hydrogens (tertiary/aromatic N) is 3. The number of halogens is 1. The number of carbonyl (C=O) groups is 1. The van der Waals surface area contributed by atoms with Crippen molar-refractivity contribution in [2.24, 2.45) is 4.99 Å². The summed E-state index contributed by atoms with van der Waals surface area (Å²) >= 11 is 4.76. The van der Waals surface area contributed by atoms with E-state index in [2.05, 4.69) is 15.9 Å². The third kappa shape index (κ3) is 5.27. The Morgan fingerprint density at radius 2 is 1.70 bits per heavy atom. The van der Waals surface area contributed by atoms with E-state index >= 15 is 0 Å². The Balaban J connectivity index is 2.04. The van der Waals surface area contributed by atoms with Crippen molar-refractivity contribution in [3.8, 4) is 23.0 Å². The Hall–Kier alpha value is -3.57. The van der Waals surface area contributed by atoms with E-state index in [1.165, 1.54) is 11.3 Å². The van der Waals surface area contributed by atoms with Gasteiger partial charge in [-0.25, -0.2) is 4.99 Å². The summed E-state index contributed by atoms with van der Waals surface area (Å²) in [4.78, 5) is 35.0. The SMILES string of the molecule is CCN(CC)C(=O)C1=C(C)N=c2s/c(=C/c3cc(Br)c(OC)cc3OC)c(=O)n2[C@@H]1c1cc(OC)ccc1OC. The lowest BCUT2D eigenvalue weighted by atomic mass is 9.93. The van der Waals surface area contributed by atoms with E-state index < -0.39 is 6.04 Å². The Kier molecular flexibility index (Phi) is 9.05. The van der Waals surface area contributed by atoms with Gasteiger partial charge in [0.15, 0.2) is 4.80 Å². The van der Waals surface area contributed by atoms with Gasteiger partial charge in [0.2, 0.25) is 0 Å². The molecule has 1 aromatic heterocycles. The lowest BCUT2D eigenvalue weighted by molar-refractivity contribution is -0.127. The molecule has 0 spiro atoms. The summed E-state index contributed by atoms with van der Waals surface area (Å²) in [6.45, 7) is 6.69. The molecule has 0 fully saturated rings. The minimum Gasteiger partial charge on any atom is -0.497 e. The summed E-state index contributed by atoms with van der Waals surface area (Å²) in [7, 11) is 6.26. The molecule has 2 heterocycles. The number of methoxy groups -OCH3 is 4. The number of hydrogen-bond donors (Lipinski definition) is 0. The topological polar surface area (TPSA) is 91.6 Å². The molecule has 40 heavy (non-hydrogen) atoms. The second-order valence-corrected chi connectivity index (χ2v) is 10.8. The summed E-state index contributed by atoms with van der Waals surface area (Å²) in [6, 6.07) is 8.17. The van der Waals surface area contributed by atoms with Crippen LogP contribution in [0.3, 0.4) is 0 Å². The van der Waals surface area contributed by atoms with E-state index in [0.29, 0.717) is 67.8 Å². The van der Waals surface area contributed by atoms with E-state index in [1.807, 2.05) is 19.9 Å². The molecule has 0 saturated carbocycles. The van der Waals surface area contributed by atoms with Gasteiger partial charge in [-0.15, -0.1) is 0 Å². The van der Waals surface area contributed by atoms with Crippen LogP contribution in [-0.2, 0) is 4.79 Å². The molecule has 0 radical (unpaired) electrons. The number of allylic oxidation sites excluding steroid dienone is 1. The van der Waals surface area contributed by atoms with Crippen LogP contribution in [0.4, 0.5) is 0 Å². The molecule has 212 valence electrons. The Morgan fingerprint density at radius 1 is 1.02 bits per heavy atom. The summed E-state index contributed by atoms with van der Waals surface area (Å²) in [5.74, 6) is 2.08. The third-order valence-corrected chi connectivity index (χ3v) is 8.43. The minimum absolute atomic E-state index is 0.184. The number of benzene rings is 2. The number of aromatic nitrogens is 1. The highest BCUT2D eigenvalue weighted by atomic mass is 79.9. The highest BCUT2D eigenvalue weighted by Crippen LogP contribution is 2.38. The zero-order valence-corrected chi connectivity index (χ0v) is 25.9. The van der Waals surface area contributed by atoms with E-state index in [4.69, 9.17) is 23.9 Å². The molecule has 0 aliphatic carbocycles. The standard InChI is InChI=1S/C29H32BrN3O6S/c1-8-32(9-2)28(35)25-16(3)31-29-33(26(25)19-14-18(36-4)10-11-21(19)37-5)27(34)24(40-29)13-17-12-20(30)23(39-7)15-22(17)38-6/h10-15,26H,8-9H2,1-7H3/b24-13+/t26-/m1/s1. The van der Waals surface area contributed by atoms with Gasteiger partial charge in [0, 0.05) is 30.3 Å². The van der Waals surface area contributed by atoms with E-state index in [0.717, 1.165) is 4.47 Å². The fraction of sp³-hybridized carbons (Fsp3) is 0.345. The Morgan fingerprint density at radius 3 is 2.30 bits per heavy atom. The quantitative estimate of drug-likeness (QED) is 0.357. The first-order valence-electron chi connectivity index (χ1n) is 12.7. The molecule has 2 aromatic carbocycles. The van der Waals surface area contributed by atoms with Crippen LogP contribution in [0.1, 0.15) is 37.9 Å². The normalized spacial score (nSPS) is 14.9. The molecule has 0 unspecified atom stereocenters. The number of ether oxygens (including phenoxy) is 4. The molecule has 4 rings (SSSR count). The van der Waals surface area contributed by atoms with Gasteiger partial charge < -0.3 is 23.8 Å². The summed E-state index contributed by atoms with van der Waals surface area (Å²) in [5.41, 5.74) is 1.99. The zero-order chi connectivity index (χ0) is 29.1. The highest BCUT2D eigenvalue weighted by molar-refractivity contribution is 9.10. The van der Waals surface area contributed by atoms with Gasteiger partial charge >= 0.3 is 0 Å². The van der Waals surface area contributed by atoms with Gasteiger partial charge in [0.1, 0.15) is 29.0 Å². The van der Waals surface area contributed by atoms with Gasteiger partial charge in [-0.05, 0) is 67.0 Å². The molecule has 11 heteroatoms. The van der Waals surface area contributed by atoms with Crippen molar-refractivity contribution in [2.45, 2.75) is 26.8 Å². The van der Waals surface area contributed by atoms with Crippen molar-refractivity contribution in [1.82, 2.24) is 9.47 Å². The van der Waals surface area contributed by atoms with Crippen molar-refractivity contribution in [3.05, 3.63) is 76.9 Å². The van der Waals surface area contributed by atoms with Gasteiger partial charge in [0.25, 0.3) is 11.5 Å². The highest BCUT2D eigenvalue weighted by Gasteiger charge is 2.36. The zero-order valence-electron chi connectivity index (χ0n) is 23.5. The molecule has 0 bridgehead atoms. The van der Waals surface area contributed by atoms with Crippen molar-refractivity contribution < 1.29 is 23.7 Å². The van der Waals surface area contributed by atoms with Crippen LogP contribution < -0.4 is 33.8 Å². The third-order valence-electron chi connectivity index (χ3n) is 6.82. The lowest BCUT2D eigenvalue weighted by Crippen LogP contribution is -2.43. The number of amides is 1. The molecule has 1 aliphatic rings. The van der Waals surface area contributed by atoms with Crippen LogP contribution in [0.2, 0.25) is 0 Å². The first-order valence-corrected chi connectivity index (χ1v) is 14.3. The van der Waals surface area contributed by atoms with Crippen LogP contribution in [0.5, 0.6) is 23.0 Å². The van der Waals surface area contributed by atoms with Crippen molar-refractivity contribution >= 4 is 39.2 Å². The van der Waals surface area contributed by atoms with E-state index in [1.54, 1.807) is 75.2 Å². The molecule has 0 N–H and O–H groups in total. The molecule has 1 aliphatic heterocycles. The number of rotatable bonds is 9. The number of likely N-dealkylation sites (N-methyl/N-ethyl adjacent to an activating group) is 1. The van der Waals surface area contributed by atoms with Crippen LogP contribution in [0.15, 0.2) is 55.9 Å². The van der Waals surface area contributed by atoms with E-state index in [9.17, 15) is 9.59 Å². The smallest absolute Gasteiger partial charge is 0.271 e. The maximum atomic E-state index is 14.1.